The number of nitrogens with one attached hydrogen (secondary N) is 1. The SMILES string of the molecule is COC(=O)N1CCC(Oc2c(F)c(Oc3cccc(N(C)C)c3)nc(Oc3cc(C(=N)N)ccc3O)c2F)CC1C. The van der Waals surface area contributed by atoms with Crippen molar-refractivity contribution in [3.8, 4) is 34.8 Å². The maximum atomic E-state index is 15.8. The first-order valence-corrected chi connectivity index (χ1v) is 12.7. The van der Waals surface area contributed by atoms with Crippen molar-refractivity contribution in [2.45, 2.75) is 31.9 Å². The number of hydrogen-bond acceptors (Lipinski definition) is 9. The van der Waals surface area contributed by atoms with Gasteiger partial charge in [0.05, 0.1) is 7.11 Å². The monoisotopic (exact) mass is 571 g/mol. The van der Waals surface area contributed by atoms with Crippen LogP contribution in [0.3, 0.4) is 0 Å². The van der Waals surface area contributed by atoms with E-state index in [0.29, 0.717) is 0 Å². The van der Waals surface area contributed by atoms with E-state index in [9.17, 15) is 9.90 Å². The van der Waals surface area contributed by atoms with E-state index in [0.717, 1.165) is 5.69 Å². The first kappa shape index (κ1) is 29.2. The number of ether oxygens (including phenoxy) is 4. The zero-order valence-electron chi connectivity index (χ0n) is 23.0. The summed E-state index contributed by atoms with van der Waals surface area (Å²) in [5.74, 6) is -5.40. The van der Waals surface area contributed by atoms with E-state index in [2.05, 4.69) is 4.98 Å². The summed E-state index contributed by atoms with van der Waals surface area (Å²) in [6, 6.07) is 10.2. The van der Waals surface area contributed by atoms with Crippen molar-refractivity contribution >= 4 is 17.6 Å². The van der Waals surface area contributed by atoms with Crippen LogP contribution < -0.4 is 24.8 Å². The van der Waals surface area contributed by atoms with E-state index in [1.807, 2.05) is 25.1 Å². The van der Waals surface area contributed by atoms with Gasteiger partial charge in [0.25, 0.3) is 11.8 Å². The predicted octanol–water partition coefficient (Wildman–Crippen LogP) is 5.00. The molecule has 2 atom stereocenters. The van der Waals surface area contributed by atoms with Crippen LogP contribution in [0.4, 0.5) is 19.3 Å². The van der Waals surface area contributed by atoms with E-state index < -0.39 is 47.1 Å². The highest BCUT2D eigenvalue weighted by molar-refractivity contribution is 5.95. The number of carbonyl (C=O) groups excluding carboxylic acids is 1. The summed E-state index contributed by atoms with van der Waals surface area (Å²) in [4.78, 5) is 19.2. The van der Waals surface area contributed by atoms with Gasteiger partial charge in [0.15, 0.2) is 11.5 Å². The van der Waals surface area contributed by atoms with E-state index >= 15 is 8.78 Å². The van der Waals surface area contributed by atoms with Crippen molar-refractivity contribution in [1.82, 2.24) is 9.88 Å². The Kier molecular flexibility index (Phi) is 8.65. The Morgan fingerprint density at radius 2 is 1.85 bits per heavy atom. The number of pyridine rings is 1. The second-order valence-corrected chi connectivity index (χ2v) is 9.65. The number of nitrogens with zero attached hydrogens (tertiary/aromatic N) is 3. The summed E-state index contributed by atoms with van der Waals surface area (Å²) in [7, 11) is 4.92. The Morgan fingerprint density at radius 1 is 1.15 bits per heavy atom. The molecule has 218 valence electrons. The number of benzene rings is 2. The third-order valence-electron chi connectivity index (χ3n) is 6.53. The minimum absolute atomic E-state index is 0.195. The van der Waals surface area contributed by atoms with Crippen molar-refractivity contribution in [1.29, 1.82) is 5.41 Å². The van der Waals surface area contributed by atoms with Crippen LogP contribution in [0.25, 0.3) is 0 Å². The number of phenols is 1. The van der Waals surface area contributed by atoms with Crippen molar-refractivity contribution in [2.75, 3.05) is 32.6 Å². The highest BCUT2D eigenvalue weighted by Gasteiger charge is 2.33. The molecular formula is C28H31F2N5O6. The van der Waals surface area contributed by atoms with Crippen LogP contribution in [0, 0.1) is 17.0 Å². The van der Waals surface area contributed by atoms with Gasteiger partial charge in [-0.05, 0) is 37.3 Å². The van der Waals surface area contributed by atoms with Gasteiger partial charge in [-0.2, -0.15) is 13.8 Å². The van der Waals surface area contributed by atoms with Gasteiger partial charge < -0.3 is 39.6 Å². The molecule has 2 aromatic carbocycles. The molecule has 1 aromatic heterocycles. The van der Waals surface area contributed by atoms with Crippen LogP contribution in [0.15, 0.2) is 42.5 Å². The molecule has 0 aliphatic carbocycles. The molecular weight excluding hydrogens is 540 g/mol. The molecule has 0 spiro atoms. The van der Waals surface area contributed by atoms with Gasteiger partial charge in [0, 0.05) is 56.8 Å². The zero-order valence-corrected chi connectivity index (χ0v) is 23.0. The van der Waals surface area contributed by atoms with Gasteiger partial charge in [0.2, 0.25) is 17.4 Å². The van der Waals surface area contributed by atoms with Gasteiger partial charge >= 0.3 is 6.09 Å². The number of phenolic OH excluding ortho intramolecular Hbond substituents is 1. The number of nitrogen functional groups attached to an aromatic ring is 1. The molecule has 4 rings (SSSR count). The predicted molar refractivity (Wildman–Crippen MR) is 146 cm³/mol. The minimum Gasteiger partial charge on any atom is -0.504 e. The highest BCUT2D eigenvalue weighted by atomic mass is 19.1. The average Bonchev–Trinajstić information content (AvgIpc) is 2.94. The average molecular weight is 572 g/mol. The molecule has 1 aliphatic heterocycles. The molecule has 3 aromatic rings. The van der Waals surface area contributed by atoms with Crippen molar-refractivity contribution in [3.05, 3.63) is 59.7 Å². The number of rotatable bonds is 8. The molecule has 1 aliphatic rings. The lowest BCUT2D eigenvalue weighted by atomic mass is 10.0. The minimum atomic E-state index is -1.27. The number of hydrogen-bond donors (Lipinski definition) is 3. The number of carbonyl (C=O) groups is 1. The summed E-state index contributed by atoms with van der Waals surface area (Å²) < 4.78 is 53.4. The van der Waals surface area contributed by atoms with Crippen molar-refractivity contribution in [2.24, 2.45) is 5.73 Å². The summed E-state index contributed by atoms with van der Waals surface area (Å²) in [5, 5.41) is 17.9. The van der Waals surface area contributed by atoms with Crippen LogP contribution in [0.2, 0.25) is 0 Å². The molecule has 13 heteroatoms. The second kappa shape index (κ2) is 12.1. The summed E-state index contributed by atoms with van der Waals surface area (Å²) >= 11 is 0. The molecule has 11 nitrogen and oxygen atoms in total. The zero-order chi connectivity index (χ0) is 29.8. The quantitative estimate of drug-likeness (QED) is 0.251. The van der Waals surface area contributed by atoms with Crippen LogP contribution >= 0.6 is 0 Å². The molecule has 4 N–H and O–H groups in total. The van der Waals surface area contributed by atoms with Crippen molar-refractivity contribution < 1.29 is 37.6 Å². The smallest absolute Gasteiger partial charge is 0.409 e. The number of piperidine rings is 1. The number of likely N-dealkylation sites (tertiary alicyclic amines) is 1. The van der Waals surface area contributed by atoms with E-state index in [1.54, 1.807) is 25.1 Å². The fraction of sp³-hybridized carbons (Fsp3) is 0.321. The van der Waals surface area contributed by atoms with Crippen LogP contribution in [0.5, 0.6) is 34.8 Å². The Hall–Kier alpha value is -4.81. The number of amides is 1. The third-order valence-corrected chi connectivity index (χ3v) is 6.53. The molecule has 1 amide bonds. The molecule has 41 heavy (non-hydrogen) atoms. The third kappa shape index (κ3) is 6.51. The Balaban J connectivity index is 1.72. The lowest BCUT2D eigenvalue weighted by Gasteiger charge is -2.36. The lowest BCUT2D eigenvalue weighted by molar-refractivity contribution is 0.0483. The van der Waals surface area contributed by atoms with Crippen LogP contribution in [-0.4, -0.2) is 66.8 Å². The number of methoxy groups -OCH3 is 1. The largest absolute Gasteiger partial charge is 0.504 e. The lowest BCUT2D eigenvalue weighted by Crippen LogP contribution is -2.47. The Bertz CT molecular complexity index is 1450. The summed E-state index contributed by atoms with van der Waals surface area (Å²) in [5.41, 5.74) is 6.48. The van der Waals surface area contributed by atoms with E-state index in [4.69, 9.17) is 30.1 Å². The molecule has 1 fully saturated rings. The standard InChI is InChI=1S/C28H31F2N5O6/c1-15-12-19(10-11-35(15)28(37)38-4)39-24-22(29)26(40-18-7-5-6-17(14-18)34(2)3)33-27(23(24)30)41-21-13-16(25(31)32)8-9-20(21)36/h5-9,13-15,19,36H,10-12H2,1-4H3,(H3,31,32). The molecule has 0 radical (unpaired) electrons. The Morgan fingerprint density at radius 3 is 2.49 bits per heavy atom. The number of halogens is 2. The maximum absolute atomic E-state index is 15.8. The number of anilines is 1. The second-order valence-electron chi connectivity index (χ2n) is 9.65. The number of nitrogens with two attached hydrogens (primary N) is 1. The molecule has 0 bridgehead atoms. The summed E-state index contributed by atoms with van der Waals surface area (Å²) in [6.45, 7) is 2.03. The van der Waals surface area contributed by atoms with Gasteiger partial charge in [-0.15, -0.1) is 0 Å². The number of amidine groups is 1. The first-order valence-electron chi connectivity index (χ1n) is 12.7. The van der Waals surface area contributed by atoms with E-state index in [-0.39, 0.29) is 48.3 Å². The van der Waals surface area contributed by atoms with Gasteiger partial charge in [0.1, 0.15) is 17.7 Å². The molecule has 0 saturated carbocycles. The molecule has 1 saturated heterocycles. The maximum Gasteiger partial charge on any atom is 0.409 e. The van der Waals surface area contributed by atoms with Gasteiger partial charge in [-0.1, -0.05) is 6.07 Å². The van der Waals surface area contributed by atoms with Gasteiger partial charge in [-0.25, -0.2) is 4.79 Å². The van der Waals surface area contributed by atoms with Crippen LogP contribution in [0.1, 0.15) is 25.3 Å². The normalized spacial score (nSPS) is 16.6. The van der Waals surface area contributed by atoms with Crippen molar-refractivity contribution in [3.63, 3.8) is 0 Å². The fourth-order valence-corrected chi connectivity index (χ4v) is 4.32. The van der Waals surface area contributed by atoms with E-state index in [1.165, 1.54) is 30.2 Å². The summed E-state index contributed by atoms with van der Waals surface area (Å²) in [6.07, 6.45) is -0.616. The molecule has 2 unspecified atom stereocenters. The number of aromatic hydroxyl groups is 1. The Labute approximate surface area is 235 Å². The van der Waals surface area contributed by atoms with Crippen LogP contribution in [-0.2, 0) is 4.74 Å². The topological polar surface area (TPSA) is 143 Å². The molecule has 2 heterocycles. The highest BCUT2D eigenvalue weighted by Crippen LogP contribution is 2.41. The number of aromatic nitrogens is 1. The van der Waals surface area contributed by atoms with Gasteiger partial charge in [-0.3, -0.25) is 5.41 Å². The fourth-order valence-electron chi connectivity index (χ4n) is 4.32. The first-order chi connectivity index (χ1) is 19.5.